The van der Waals surface area contributed by atoms with Crippen LogP contribution in [0.25, 0.3) is 0 Å². The molecule has 0 aromatic carbocycles. The summed E-state index contributed by atoms with van der Waals surface area (Å²) in [6.07, 6.45) is -2.53. The first-order valence-corrected chi connectivity index (χ1v) is 5.46. The summed E-state index contributed by atoms with van der Waals surface area (Å²) in [6.45, 7) is 1.58. The van der Waals surface area contributed by atoms with Crippen molar-refractivity contribution in [1.29, 1.82) is 0 Å². The van der Waals surface area contributed by atoms with Crippen molar-refractivity contribution in [3.8, 4) is 0 Å². The molecule has 0 spiro atoms. The molecule has 0 aliphatic carbocycles. The van der Waals surface area contributed by atoms with Crippen molar-refractivity contribution in [2.24, 2.45) is 11.7 Å². The fourth-order valence-electron chi connectivity index (χ4n) is 2.15. The van der Waals surface area contributed by atoms with Crippen molar-refractivity contribution in [1.82, 2.24) is 4.90 Å². The molecule has 6 heteroatoms. The molecule has 1 aliphatic rings. The number of nitrogens with zero attached hydrogens (tertiary/aromatic N) is 1. The molecule has 1 heterocycles. The Morgan fingerprint density at radius 3 is 2.62 bits per heavy atom. The molecule has 2 atom stereocenters. The molecular weight excluding hydrogens is 221 g/mol. The second-order valence-electron chi connectivity index (χ2n) is 4.20. The van der Waals surface area contributed by atoms with Crippen LogP contribution in [0.4, 0.5) is 13.2 Å². The van der Waals surface area contributed by atoms with Crippen molar-refractivity contribution in [2.45, 2.75) is 38.4 Å². The predicted octanol–water partition coefficient (Wildman–Crippen LogP) is 1.52. The lowest BCUT2D eigenvalue weighted by atomic mass is 10.0. The quantitative estimate of drug-likeness (QED) is 0.807. The fraction of sp³-hybridized carbons (Fsp3) is 0.900. The zero-order valence-electron chi connectivity index (χ0n) is 9.26. The number of nitrogens with two attached hydrogens (primary N) is 1. The summed E-state index contributed by atoms with van der Waals surface area (Å²) < 4.78 is 37.8. The zero-order chi connectivity index (χ0) is 12.3. The van der Waals surface area contributed by atoms with Crippen LogP contribution < -0.4 is 5.73 Å². The zero-order valence-corrected chi connectivity index (χ0v) is 9.26. The number of alkyl halides is 3. The Balaban J connectivity index is 2.69. The highest BCUT2D eigenvalue weighted by molar-refractivity contribution is 5.79. The molecule has 1 amide bonds. The van der Waals surface area contributed by atoms with Gasteiger partial charge in [-0.1, -0.05) is 13.3 Å². The van der Waals surface area contributed by atoms with Gasteiger partial charge in [-0.3, -0.25) is 4.79 Å². The Bertz CT molecular complexity index is 255. The van der Waals surface area contributed by atoms with Crippen molar-refractivity contribution >= 4 is 5.91 Å². The van der Waals surface area contributed by atoms with Crippen LogP contribution in [0.2, 0.25) is 0 Å². The molecule has 2 N–H and O–H groups in total. The van der Waals surface area contributed by atoms with Crippen LogP contribution in [0.15, 0.2) is 0 Å². The number of hydrogen-bond acceptors (Lipinski definition) is 2. The Morgan fingerprint density at radius 2 is 2.19 bits per heavy atom. The summed E-state index contributed by atoms with van der Waals surface area (Å²) in [5.74, 6) is -0.375. The molecule has 2 unspecified atom stereocenters. The largest absolute Gasteiger partial charge is 0.410 e. The molecule has 1 fully saturated rings. The van der Waals surface area contributed by atoms with E-state index in [9.17, 15) is 18.0 Å². The van der Waals surface area contributed by atoms with Gasteiger partial charge in [-0.05, 0) is 12.3 Å². The summed E-state index contributed by atoms with van der Waals surface area (Å²) in [7, 11) is 0. The first kappa shape index (κ1) is 13.3. The van der Waals surface area contributed by atoms with E-state index in [4.69, 9.17) is 5.73 Å². The molecule has 94 valence electrons. The van der Waals surface area contributed by atoms with Gasteiger partial charge in [0.2, 0.25) is 5.91 Å². The van der Waals surface area contributed by atoms with Crippen molar-refractivity contribution in [2.75, 3.05) is 13.1 Å². The first-order chi connectivity index (χ1) is 7.40. The minimum absolute atomic E-state index is 0.0499. The molecule has 0 aromatic heterocycles. The van der Waals surface area contributed by atoms with Gasteiger partial charge in [-0.15, -0.1) is 0 Å². The molecule has 1 saturated heterocycles. The van der Waals surface area contributed by atoms with E-state index in [0.717, 1.165) is 17.7 Å². The highest BCUT2D eigenvalue weighted by atomic mass is 19.4. The number of halogens is 3. The normalized spacial score (nSPS) is 23.9. The van der Waals surface area contributed by atoms with Gasteiger partial charge < -0.3 is 10.6 Å². The van der Waals surface area contributed by atoms with Gasteiger partial charge in [0.25, 0.3) is 0 Å². The van der Waals surface area contributed by atoms with E-state index < -0.39 is 24.7 Å². The van der Waals surface area contributed by atoms with Crippen LogP contribution >= 0.6 is 0 Å². The van der Waals surface area contributed by atoms with Crippen LogP contribution in [0, 0.1) is 5.92 Å². The van der Waals surface area contributed by atoms with E-state index in [2.05, 4.69) is 0 Å². The Hall–Kier alpha value is -0.780. The first-order valence-electron chi connectivity index (χ1n) is 5.46. The predicted molar refractivity (Wildman–Crippen MR) is 53.6 cm³/mol. The summed E-state index contributed by atoms with van der Waals surface area (Å²) in [5, 5.41) is 0. The number of amides is 1. The topological polar surface area (TPSA) is 46.3 Å². The molecule has 0 bridgehead atoms. The standard InChI is InChI=1S/C10H17F3N2O/c1-2-3-7-4-9(16)15(6-7)8(5-14)10(11,12)13/h7-8H,2-6,14H2,1H3. The molecular formula is C10H17F3N2O. The molecule has 0 saturated carbocycles. The summed E-state index contributed by atoms with van der Waals surface area (Å²) in [4.78, 5) is 12.4. The van der Waals surface area contributed by atoms with E-state index in [1.54, 1.807) is 0 Å². The maximum Gasteiger partial charge on any atom is 0.410 e. The van der Waals surface area contributed by atoms with Crippen LogP contribution in [-0.2, 0) is 4.79 Å². The lowest BCUT2D eigenvalue weighted by Crippen LogP contribution is -2.50. The lowest BCUT2D eigenvalue weighted by Gasteiger charge is -2.28. The summed E-state index contributed by atoms with van der Waals surface area (Å²) in [5.41, 5.74) is 5.11. The molecule has 16 heavy (non-hydrogen) atoms. The van der Waals surface area contributed by atoms with Gasteiger partial charge in [0.15, 0.2) is 0 Å². The van der Waals surface area contributed by atoms with E-state index in [0.29, 0.717) is 0 Å². The third-order valence-electron chi connectivity index (χ3n) is 2.91. The number of rotatable bonds is 4. The van der Waals surface area contributed by atoms with Crippen molar-refractivity contribution in [3.63, 3.8) is 0 Å². The fourth-order valence-corrected chi connectivity index (χ4v) is 2.15. The Labute approximate surface area is 92.8 Å². The van der Waals surface area contributed by atoms with Crippen LogP contribution in [-0.4, -0.2) is 36.1 Å². The second-order valence-corrected chi connectivity index (χ2v) is 4.20. The molecule has 1 aliphatic heterocycles. The van der Waals surface area contributed by atoms with Gasteiger partial charge in [0, 0.05) is 19.5 Å². The lowest BCUT2D eigenvalue weighted by molar-refractivity contribution is -0.184. The number of hydrogen-bond donors (Lipinski definition) is 1. The molecule has 0 aromatic rings. The minimum atomic E-state index is -4.43. The third-order valence-corrected chi connectivity index (χ3v) is 2.91. The minimum Gasteiger partial charge on any atom is -0.329 e. The smallest absolute Gasteiger partial charge is 0.329 e. The molecule has 0 radical (unpaired) electrons. The van der Waals surface area contributed by atoms with E-state index in [-0.39, 0.29) is 18.9 Å². The molecule has 3 nitrogen and oxygen atoms in total. The van der Waals surface area contributed by atoms with E-state index in [1.165, 1.54) is 0 Å². The number of likely N-dealkylation sites (tertiary alicyclic amines) is 1. The average Bonchev–Trinajstić information content (AvgIpc) is 2.47. The van der Waals surface area contributed by atoms with E-state index >= 15 is 0 Å². The highest BCUT2D eigenvalue weighted by Gasteiger charge is 2.47. The van der Waals surface area contributed by atoms with Crippen LogP contribution in [0.1, 0.15) is 26.2 Å². The van der Waals surface area contributed by atoms with Gasteiger partial charge >= 0.3 is 6.18 Å². The SMILES string of the molecule is CCCC1CC(=O)N(C(CN)C(F)(F)F)C1. The van der Waals surface area contributed by atoms with Gasteiger partial charge in [0.1, 0.15) is 6.04 Å². The maximum absolute atomic E-state index is 12.6. The van der Waals surface area contributed by atoms with Gasteiger partial charge in [-0.25, -0.2) is 0 Å². The monoisotopic (exact) mass is 238 g/mol. The van der Waals surface area contributed by atoms with Crippen LogP contribution in [0.5, 0.6) is 0 Å². The number of carbonyl (C=O) groups excluding carboxylic acids is 1. The summed E-state index contributed by atoms with van der Waals surface area (Å²) in [6, 6.07) is -1.82. The van der Waals surface area contributed by atoms with E-state index in [1.807, 2.05) is 6.92 Å². The van der Waals surface area contributed by atoms with Crippen molar-refractivity contribution < 1.29 is 18.0 Å². The van der Waals surface area contributed by atoms with Crippen LogP contribution in [0.3, 0.4) is 0 Å². The number of carbonyl (C=O) groups is 1. The highest BCUT2D eigenvalue weighted by Crippen LogP contribution is 2.30. The third kappa shape index (κ3) is 2.87. The summed E-state index contributed by atoms with van der Waals surface area (Å²) >= 11 is 0. The molecule has 1 rings (SSSR count). The Morgan fingerprint density at radius 1 is 1.56 bits per heavy atom. The van der Waals surface area contributed by atoms with Gasteiger partial charge in [-0.2, -0.15) is 13.2 Å². The second kappa shape index (κ2) is 5.03. The van der Waals surface area contributed by atoms with Crippen molar-refractivity contribution in [3.05, 3.63) is 0 Å². The Kier molecular flexibility index (Phi) is 4.18. The van der Waals surface area contributed by atoms with Gasteiger partial charge in [0.05, 0.1) is 0 Å². The maximum atomic E-state index is 12.6. The average molecular weight is 238 g/mol.